The van der Waals surface area contributed by atoms with Crippen molar-refractivity contribution in [3.05, 3.63) is 16.6 Å². The Morgan fingerprint density at radius 1 is 1.69 bits per heavy atom. The Labute approximate surface area is 101 Å². The summed E-state index contributed by atoms with van der Waals surface area (Å²) in [4.78, 5) is 5.22. The molecule has 1 aromatic rings. The molecule has 0 saturated carbocycles. The Balaban J connectivity index is 2.33. The van der Waals surface area contributed by atoms with Gasteiger partial charge in [-0.1, -0.05) is 0 Å². The summed E-state index contributed by atoms with van der Waals surface area (Å²) in [5, 5.41) is 13.3. The van der Waals surface area contributed by atoms with Crippen molar-refractivity contribution >= 4 is 11.3 Å². The highest BCUT2D eigenvalue weighted by molar-refractivity contribution is 7.09. The van der Waals surface area contributed by atoms with E-state index in [2.05, 4.69) is 17.2 Å². The Morgan fingerprint density at radius 2 is 2.44 bits per heavy atom. The van der Waals surface area contributed by atoms with Crippen LogP contribution in [0.3, 0.4) is 0 Å². The molecule has 0 saturated heterocycles. The van der Waals surface area contributed by atoms with Crippen molar-refractivity contribution in [2.24, 2.45) is 0 Å². The van der Waals surface area contributed by atoms with Gasteiger partial charge in [0.1, 0.15) is 0 Å². The summed E-state index contributed by atoms with van der Waals surface area (Å²) in [5.41, 5.74) is 1.09. The molecule has 0 amide bonds. The fraction of sp³-hybridized carbons (Fsp3) is 0.727. The number of thiazole rings is 1. The van der Waals surface area contributed by atoms with Gasteiger partial charge in [-0.2, -0.15) is 0 Å². The van der Waals surface area contributed by atoms with Gasteiger partial charge in [0, 0.05) is 43.8 Å². The molecular weight excluding hydrogens is 224 g/mol. The van der Waals surface area contributed by atoms with Gasteiger partial charge in [0.25, 0.3) is 0 Å². The van der Waals surface area contributed by atoms with Crippen LogP contribution in [0.25, 0.3) is 0 Å². The normalized spacial score (nSPS) is 17.0. The first-order chi connectivity index (χ1) is 7.55. The van der Waals surface area contributed by atoms with Crippen LogP contribution >= 0.6 is 11.3 Å². The van der Waals surface area contributed by atoms with Crippen LogP contribution in [0.2, 0.25) is 0 Å². The highest BCUT2D eigenvalue weighted by atomic mass is 32.1. The predicted molar refractivity (Wildman–Crippen MR) is 65.6 cm³/mol. The molecule has 0 aliphatic heterocycles. The first kappa shape index (κ1) is 13.6. The molecule has 0 aliphatic rings. The third kappa shape index (κ3) is 4.57. The number of nitrogens with one attached hydrogen (secondary N) is 1. The summed E-state index contributed by atoms with van der Waals surface area (Å²) in [6.45, 7) is 5.01. The van der Waals surface area contributed by atoms with E-state index in [0.29, 0.717) is 19.6 Å². The highest BCUT2D eigenvalue weighted by Crippen LogP contribution is 2.17. The van der Waals surface area contributed by atoms with E-state index in [1.807, 2.05) is 18.6 Å². The van der Waals surface area contributed by atoms with Crippen LogP contribution in [0.15, 0.2) is 11.7 Å². The second-order valence-electron chi connectivity index (χ2n) is 4.25. The third-order valence-electron chi connectivity index (χ3n) is 2.51. The molecule has 0 spiro atoms. The van der Waals surface area contributed by atoms with Gasteiger partial charge < -0.3 is 15.2 Å². The van der Waals surface area contributed by atoms with Gasteiger partial charge in [0.2, 0.25) is 0 Å². The predicted octanol–water partition coefficient (Wildman–Crippen LogP) is 1.58. The largest absolute Gasteiger partial charge is 0.389 e. The van der Waals surface area contributed by atoms with Crippen LogP contribution in [-0.2, 0) is 4.74 Å². The fourth-order valence-electron chi connectivity index (χ4n) is 1.32. The molecule has 0 aromatic carbocycles. The monoisotopic (exact) mass is 244 g/mol. The first-order valence-electron chi connectivity index (χ1n) is 5.38. The van der Waals surface area contributed by atoms with E-state index in [1.54, 1.807) is 18.4 Å². The number of nitrogens with zero attached hydrogens (tertiary/aromatic N) is 1. The van der Waals surface area contributed by atoms with Gasteiger partial charge in [0.15, 0.2) is 0 Å². The summed E-state index contributed by atoms with van der Waals surface area (Å²) < 4.78 is 4.96. The maximum Gasteiger partial charge on any atom is 0.0794 e. The summed E-state index contributed by atoms with van der Waals surface area (Å²) in [6, 6.07) is 0.224. The number of aliphatic hydroxyl groups is 1. The topological polar surface area (TPSA) is 54.4 Å². The van der Waals surface area contributed by atoms with Crippen molar-refractivity contribution in [2.45, 2.75) is 31.9 Å². The first-order valence-corrected chi connectivity index (χ1v) is 6.26. The Morgan fingerprint density at radius 3 is 3.00 bits per heavy atom. The van der Waals surface area contributed by atoms with E-state index < -0.39 is 5.60 Å². The maximum atomic E-state index is 10.0. The quantitative estimate of drug-likeness (QED) is 0.764. The molecule has 0 aliphatic carbocycles. The lowest BCUT2D eigenvalue weighted by molar-refractivity contribution is 0.0232. The minimum atomic E-state index is -0.727. The molecule has 2 N–H and O–H groups in total. The Hall–Kier alpha value is -0.490. The minimum absolute atomic E-state index is 0.224. The van der Waals surface area contributed by atoms with Crippen LogP contribution in [0, 0.1) is 0 Å². The van der Waals surface area contributed by atoms with Gasteiger partial charge in [-0.15, -0.1) is 11.3 Å². The van der Waals surface area contributed by atoms with Crippen molar-refractivity contribution in [3.63, 3.8) is 0 Å². The summed E-state index contributed by atoms with van der Waals surface area (Å²) >= 11 is 1.62. The van der Waals surface area contributed by atoms with Crippen molar-refractivity contribution in [2.75, 3.05) is 20.3 Å². The lowest BCUT2D eigenvalue weighted by Crippen LogP contribution is -2.39. The molecule has 0 bridgehead atoms. The van der Waals surface area contributed by atoms with Crippen molar-refractivity contribution < 1.29 is 9.84 Å². The molecule has 1 rings (SSSR count). The minimum Gasteiger partial charge on any atom is -0.389 e. The summed E-state index contributed by atoms with van der Waals surface area (Å²) in [6.07, 6.45) is 2.48. The number of hydrogen-bond donors (Lipinski definition) is 2. The van der Waals surface area contributed by atoms with E-state index in [4.69, 9.17) is 4.74 Å². The van der Waals surface area contributed by atoms with Crippen molar-refractivity contribution in [1.82, 2.24) is 10.3 Å². The van der Waals surface area contributed by atoms with Gasteiger partial charge >= 0.3 is 0 Å². The number of aromatic nitrogens is 1. The SMILES string of the molecule is COCCC(C)(O)CNC(C)c1cncs1. The standard InChI is InChI=1S/C11H20N2O2S/c1-9(10-6-12-8-16-10)13-7-11(2,14)4-5-15-3/h6,8-9,13-14H,4-5,7H2,1-3H3. The Kier molecular flexibility index (Phi) is 5.34. The molecular formula is C11H20N2O2S. The van der Waals surface area contributed by atoms with E-state index in [1.165, 1.54) is 4.88 Å². The van der Waals surface area contributed by atoms with Gasteiger partial charge in [-0.3, -0.25) is 4.98 Å². The summed E-state index contributed by atoms with van der Waals surface area (Å²) in [5.74, 6) is 0. The smallest absolute Gasteiger partial charge is 0.0794 e. The van der Waals surface area contributed by atoms with E-state index >= 15 is 0 Å². The molecule has 0 radical (unpaired) electrons. The number of ether oxygens (including phenoxy) is 1. The molecule has 2 atom stereocenters. The molecule has 16 heavy (non-hydrogen) atoms. The average molecular weight is 244 g/mol. The van der Waals surface area contributed by atoms with Crippen molar-refractivity contribution in [3.8, 4) is 0 Å². The van der Waals surface area contributed by atoms with Crippen molar-refractivity contribution in [1.29, 1.82) is 0 Å². The van der Waals surface area contributed by atoms with Gasteiger partial charge in [-0.05, 0) is 13.8 Å². The average Bonchev–Trinajstić information content (AvgIpc) is 2.77. The third-order valence-corrected chi connectivity index (χ3v) is 3.47. The molecule has 0 fully saturated rings. The molecule has 1 heterocycles. The lowest BCUT2D eigenvalue weighted by Gasteiger charge is -2.25. The molecule has 92 valence electrons. The van der Waals surface area contributed by atoms with Crippen LogP contribution in [-0.4, -0.2) is 36.0 Å². The zero-order valence-corrected chi connectivity index (χ0v) is 10.9. The maximum absolute atomic E-state index is 10.0. The molecule has 1 aromatic heterocycles. The second-order valence-corrected chi connectivity index (χ2v) is 5.16. The van der Waals surface area contributed by atoms with Crippen LogP contribution in [0.4, 0.5) is 0 Å². The van der Waals surface area contributed by atoms with Crippen LogP contribution < -0.4 is 5.32 Å². The van der Waals surface area contributed by atoms with Gasteiger partial charge in [0.05, 0.1) is 11.1 Å². The van der Waals surface area contributed by atoms with E-state index in [0.717, 1.165) is 0 Å². The zero-order valence-electron chi connectivity index (χ0n) is 10.1. The lowest BCUT2D eigenvalue weighted by atomic mass is 10.0. The fourth-order valence-corrected chi connectivity index (χ4v) is 1.98. The number of rotatable bonds is 7. The molecule has 5 heteroatoms. The molecule has 2 unspecified atom stereocenters. The zero-order chi connectivity index (χ0) is 12.0. The number of methoxy groups -OCH3 is 1. The number of hydrogen-bond acceptors (Lipinski definition) is 5. The van der Waals surface area contributed by atoms with Gasteiger partial charge in [-0.25, -0.2) is 0 Å². The van der Waals surface area contributed by atoms with Crippen LogP contribution in [0.5, 0.6) is 0 Å². The van der Waals surface area contributed by atoms with E-state index in [-0.39, 0.29) is 6.04 Å². The molecule has 4 nitrogen and oxygen atoms in total. The second kappa shape index (κ2) is 6.30. The van der Waals surface area contributed by atoms with Crippen LogP contribution in [0.1, 0.15) is 31.2 Å². The summed E-state index contributed by atoms with van der Waals surface area (Å²) in [7, 11) is 1.64. The van der Waals surface area contributed by atoms with E-state index in [9.17, 15) is 5.11 Å². The highest BCUT2D eigenvalue weighted by Gasteiger charge is 2.21. The Bertz CT molecular complexity index is 288.